The highest BCUT2D eigenvalue weighted by molar-refractivity contribution is 7.15. The molecule has 4 nitrogen and oxygen atoms in total. The summed E-state index contributed by atoms with van der Waals surface area (Å²) in [7, 11) is 0. The van der Waals surface area contributed by atoms with Crippen LogP contribution in [0.15, 0.2) is 24.4 Å². The van der Waals surface area contributed by atoms with E-state index in [1.54, 1.807) is 6.07 Å². The summed E-state index contributed by atoms with van der Waals surface area (Å²) in [5, 5.41) is 12.0. The third-order valence-electron chi connectivity index (χ3n) is 4.82. The summed E-state index contributed by atoms with van der Waals surface area (Å²) in [5.41, 5.74) is -0.946. The molecule has 0 spiro atoms. The van der Waals surface area contributed by atoms with Crippen molar-refractivity contribution in [2.45, 2.75) is 25.4 Å². The molecule has 0 aliphatic heterocycles. The van der Waals surface area contributed by atoms with E-state index in [-0.39, 0.29) is 28.9 Å². The van der Waals surface area contributed by atoms with E-state index in [9.17, 15) is 18.0 Å². The van der Waals surface area contributed by atoms with Crippen molar-refractivity contribution in [3.05, 3.63) is 46.0 Å². The van der Waals surface area contributed by atoms with Crippen LogP contribution in [-0.2, 0) is 17.4 Å². The Bertz CT molecular complexity index is 907. The van der Waals surface area contributed by atoms with Gasteiger partial charge in [0, 0.05) is 17.5 Å². The smallest absolute Gasteiger partial charge is 0.301 e. The molecule has 25 heavy (non-hydrogen) atoms. The first-order valence-electron chi connectivity index (χ1n) is 7.68. The summed E-state index contributed by atoms with van der Waals surface area (Å²) < 4.78 is 39.6. The molecule has 4 rings (SSSR count). The first-order valence-corrected chi connectivity index (χ1v) is 8.50. The molecule has 1 amide bonds. The number of fused-ring (bicyclic) bond motifs is 1. The number of nitriles is 1. The Hall–Kier alpha value is -2.40. The molecule has 1 heterocycles. The standard InChI is InChI=1S/C17H12F3N3OS/c18-17(19,20)13-3-9(7-21)1-2-10(13)4-12-8-22-15(25-12)23-14(24)16-5-11(16)6-16/h1-3,8,11H,4-6H2,(H,22,23,24). The van der Waals surface area contributed by atoms with Crippen LogP contribution in [0.5, 0.6) is 0 Å². The van der Waals surface area contributed by atoms with Gasteiger partial charge in [0.2, 0.25) is 5.91 Å². The van der Waals surface area contributed by atoms with Gasteiger partial charge in [-0.15, -0.1) is 11.3 Å². The van der Waals surface area contributed by atoms with Crippen LogP contribution in [-0.4, -0.2) is 10.9 Å². The van der Waals surface area contributed by atoms with E-state index < -0.39 is 11.7 Å². The van der Waals surface area contributed by atoms with E-state index in [1.165, 1.54) is 29.7 Å². The lowest BCUT2D eigenvalue weighted by molar-refractivity contribution is -0.138. The molecular weight excluding hydrogens is 351 g/mol. The van der Waals surface area contributed by atoms with Crippen LogP contribution in [0, 0.1) is 22.7 Å². The molecule has 2 aliphatic carbocycles. The van der Waals surface area contributed by atoms with Crippen LogP contribution in [0.2, 0.25) is 0 Å². The van der Waals surface area contributed by atoms with E-state index >= 15 is 0 Å². The average molecular weight is 363 g/mol. The fraction of sp³-hybridized carbons (Fsp3) is 0.353. The molecule has 1 N–H and O–H groups in total. The number of thiazole rings is 1. The van der Waals surface area contributed by atoms with Crippen molar-refractivity contribution in [2.75, 3.05) is 5.32 Å². The third kappa shape index (κ3) is 2.89. The number of carbonyl (C=O) groups is 1. The van der Waals surface area contributed by atoms with E-state index in [4.69, 9.17) is 5.26 Å². The molecule has 2 aliphatic rings. The normalized spacial score (nSPS) is 23.5. The molecule has 1 aromatic carbocycles. The topological polar surface area (TPSA) is 65.8 Å². The maximum atomic E-state index is 13.2. The zero-order valence-corrected chi connectivity index (χ0v) is 13.7. The summed E-state index contributed by atoms with van der Waals surface area (Å²) in [5.74, 6) is 0.479. The lowest BCUT2D eigenvalue weighted by Gasteiger charge is -2.12. The first kappa shape index (κ1) is 16.1. The second kappa shape index (κ2) is 5.30. The maximum Gasteiger partial charge on any atom is 0.416 e. The number of benzene rings is 1. The summed E-state index contributed by atoms with van der Waals surface area (Å²) in [6.45, 7) is 0. The fourth-order valence-corrected chi connectivity index (χ4v) is 3.82. The molecule has 2 aromatic rings. The summed E-state index contributed by atoms with van der Waals surface area (Å²) in [6.07, 6.45) is -1.15. The Labute approximate surface area is 145 Å². The Kier molecular flexibility index (Phi) is 3.41. The van der Waals surface area contributed by atoms with Crippen LogP contribution in [0.1, 0.15) is 34.4 Å². The number of nitrogens with one attached hydrogen (secondary N) is 1. The summed E-state index contributed by atoms with van der Waals surface area (Å²) in [6, 6.07) is 5.27. The minimum atomic E-state index is -4.53. The van der Waals surface area contributed by atoms with Gasteiger partial charge in [-0.05, 0) is 36.5 Å². The van der Waals surface area contributed by atoms with Crippen molar-refractivity contribution in [1.82, 2.24) is 4.98 Å². The third-order valence-corrected chi connectivity index (χ3v) is 5.73. The minimum Gasteiger partial charge on any atom is -0.301 e. The van der Waals surface area contributed by atoms with Gasteiger partial charge in [-0.3, -0.25) is 4.79 Å². The van der Waals surface area contributed by atoms with E-state index in [1.807, 2.05) is 0 Å². The SMILES string of the molecule is N#Cc1ccc(Cc2cnc(NC(=O)C34CC3C4)s2)c(C(F)(F)F)c1. The number of halogens is 3. The maximum absolute atomic E-state index is 13.2. The van der Waals surface area contributed by atoms with Crippen molar-refractivity contribution in [1.29, 1.82) is 5.26 Å². The molecule has 0 bridgehead atoms. The number of alkyl halides is 3. The molecule has 128 valence electrons. The summed E-state index contributed by atoms with van der Waals surface area (Å²) >= 11 is 1.17. The number of anilines is 1. The highest BCUT2D eigenvalue weighted by Crippen LogP contribution is 2.75. The van der Waals surface area contributed by atoms with Gasteiger partial charge >= 0.3 is 6.18 Å². The van der Waals surface area contributed by atoms with Crippen molar-refractivity contribution in [3.8, 4) is 6.07 Å². The van der Waals surface area contributed by atoms with Crippen LogP contribution < -0.4 is 5.32 Å². The Morgan fingerprint density at radius 1 is 1.44 bits per heavy atom. The van der Waals surface area contributed by atoms with Crippen molar-refractivity contribution in [2.24, 2.45) is 11.3 Å². The lowest BCUT2D eigenvalue weighted by Crippen LogP contribution is -2.17. The molecular formula is C17H12F3N3OS. The Morgan fingerprint density at radius 3 is 2.76 bits per heavy atom. The van der Waals surface area contributed by atoms with Gasteiger partial charge in [-0.1, -0.05) is 6.07 Å². The second-order valence-electron chi connectivity index (χ2n) is 6.51. The minimum absolute atomic E-state index is 0.0315. The largest absolute Gasteiger partial charge is 0.416 e. The highest BCUT2D eigenvalue weighted by Gasteiger charge is 2.74. The molecule has 0 unspecified atom stereocenters. The molecule has 8 heteroatoms. The monoisotopic (exact) mass is 363 g/mol. The highest BCUT2D eigenvalue weighted by atomic mass is 32.1. The van der Waals surface area contributed by atoms with Gasteiger partial charge in [0.1, 0.15) is 0 Å². The van der Waals surface area contributed by atoms with E-state index in [0.29, 0.717) is 15.9 Å². The second-order valence-corrected chi connectivity index (χ2v) is 7.62. The Morgan fingerprint density at radius 2 is 2.16 bits per heavy atom. The average Bonchev–Trinajstić information content (AvgIpc) is 3.38. The van der Waals surface area contributed by atoms with Gasteiger partial charge in [0.25, 0.3) is 0 Å². The van der Waals surface area contributed by atoms with Crippen molar-refractivity contribution < 1.29 is 18.0 Å². The predicted molar refractivity (Wildman–Crippen MR) is 84.9 cm³/mol. The van der Waals surface area contributed by atoms with Crippen molar-refractivity contribution in [3.63, 3.8) is 0 Å². The first-order chi connectivity index (χ1) is 11.8. The van der Waals surface area contributed by atoms with Crippen LogP contribution in [0.25, 0.3) is 0 Å². The zero-order chi connectivity index (χ0) is 17.8. The molecule has 0 saturated heterocycles. The molecule has 2 saturated carbocycles. The molecule has 0 radical (unpaired) electrons. The van der Waals surface area contributed by atoms with Gasteiger partial charge in [0.05, 0.1) is 22.6 Å². The van der Waals surface area contributed by atoms with Crippen LogP contribution in [0.4, 0.5) is 18.3 Å². The predicted octanol–water partition coefficient (Wildman–Crippen LogP) is 3.97. The van der Waals surface area contributed by atoms with Gasteiger partial charge in [-0.2, -0.15) is 18.4 Å². The molecule has 1 aromatic heterocycles. The summed E-state index contributed by atoms with van der Waals surface area (Å²) in [4.78, 5) is 16.7. The number of hydrogen-bond acceptors (Lipinski definition) is 4. The zero-order valence-electron chi connectivity index (χ0n) is 12.9. The van der Waals surface area contributed by atoms with Gasteiger partial charge in [0.15, 0.2) is 5.13 Å². The number of nitrogens with zero attached hydrogens (tertiary/aromatic N) is 2. The molecule has 0 atom stereocenters. The molecule has 2 fully saturated rings. The van der Waals surface area contributed by atoms with Gasteiger partial charge < -0.3 is 5.32 Å². The quantitative estimate of drug-likeness (QED) is 0.894. The van der Waals surface area contributed by atoms with Gasteiger partial charge in [-0.25, -0.2) is 4.98 Å². The fourth-order valence-electron chi connectivity index (χ4n) is 2.99. The number of aromatic nitrogens is 1. The number of amides is 1. The van der Waals surface area contributed by atoms with E-state index in [0.717, 1.165) is 18.9 Å². The lowest BCUT2D eigenvalue weighted by atomic mass is 10.0. The van der Waals surface area contributed by atoms with Crippen molar-refractivity contribution >= 4 is 22.4 Å². The Balaban J connectivity index is 1.52. The number of carbonyl (C=O) groups excluding carboxylic acids is 1. The van der Waals surface area contributed by atoms with E-state index in [2.05, 4.69) is 10.3 Å². The van der Waals surface area contributed by atoms with Crippen LogP contribution in [0.3, 0.4) is 0 Å². The van der Waals surface area contributed by atoms with Crippen LogP contribution >= 0.6 is 11.3 Å². The number of rotatable bonds is 4. The number of hydrogen-bond donors (Lipinski definition) is 1.